The SMILES string of the molecule is Cc1ccc(O)cc1N(c1cc(O)ccc1C)c1ccccc1Oc1ccc(O)c(C)c1C. The molecule has 0 heterocycles. The maximum atomic E-state index is 10.3. The largest absolute Gasteiger partial charge is 0.508 e. The van der Waals surface area contributed by atoms with Crippen molar-refractivity contribution in [2.75, 3.05) is 4.90 Å². The van der Waals surface area contributed by atoms with Crippen molar-refractivity contribution in [3.63, 3.8) is 0 Å². The molecule has 0 bridgehead atoms. The average molecular weight is 442 g/mol. The van der Waals surface area contributed by atoms with Gasteiger partial charge in [-0.15, -0.1) is 0 Å². The zero-order chi connectivity index (χ0) is 23.7. The third-order valence-electron chi connectivity index (χ3n) is 5.90. The molecule has 0 amide bonds. The van der Waals surface area contributed by atoms with E-state index in [1.54, 1.807) is 36.4 Å². The van der Waals surface area contributed by atoms with Gasteiger partial charge in [-0.2, -0.15) is 0 Å². The Bertz CT molecular complexity index is 1280. The molecule has 0 fully saturated rings. The van der Waals surface area contributed by atoms with Crippen LogP contribution < -0.4 is 9.64 Å². The van der Waals surface area contributed by atoms with Crippen LogP contribution in [0.4, 0.5) is 17.1 Å². The van der Waals surface area contributed by atoms with E-state index in [1.807, 2.05) is 69.0 Å². The topological polar surface area (TPSA) is 73.2 Å². The molecule has 0 aromatic heterocycles. The first kappa shape index (κ1) is 22.1. The Morgan fingerprint density at radius 1 is 0.576 bits per heavy atom. The second-order valence-corrected chi connectivity index (χ2v) is 8.18. The number of hydrogen-bond donors (Lipinski definition) is 3. The predicted molar refractivity (Wildman–Crippen MR) is 132 cm³/mol. The first-order valence-corrected chi connectivity index (χ1v) is 10.7. The van der Waals surface area contributed by atoms with Crippen molar-refractivity contribution < 1.29 is 20.1 Å². The van der Waals surface area contributed by atoms with E-state index in [0.717, 1.165) is 39.3 Å². The molecular weight excluding hydrogens is 414 g/mol. The number of ether oxygens (including phenoxy) is 1. The molecule has 4 aromatic rings. The Hall–Kier alpha value is -4.12. The molecule has 0 aliphatic carbocycles. The number of phenols is 3. The zero-order valence-corrected chi connectivity index (χ0v) is 19.1. The highest BCUT2D eigenvalue weighted by Gasteiger charge is 2.22. The maximum Gasteiger partial charge on any atom is 0.151 e. The highest BCUT2D eigenvalue weighted by atomic mass is 16.5. The summed E-state index contributed by atoms with van der Waals surface area (Å²) < 4.78 is 6.36. The monoisotopic (exact) mass is 441 g/mol. The molecule has 5 nitrogen and oxygen atoms in total. The van der Waals surface area contributed by atoms with Crippen LogP contribution in [0.2, 0.25) is 0 Å². The van der Waals surface area contributed by atoms with Crippen molar-refractivity contribution >= 4 is 17.1 Å². The summed E-state index contributed by atoms with van der Waals surface area (Å²) in [4.78, 5) is 1.97. The van der Waals surface area contributed by atoms with Gasteiger partial charge in [0, 0.05) is 12.1 Å². The van der Waals surface area contributed by atoms with Gasteiger partial charge in [0.05, 0.1) is 17.1 Å². The molecule has 3 N–H and O–H groups in total. The van der Waals surface area contributed by atoms with E-state index in [2.05, 4.69) is 0 Å². The number of aryl methyl sites for hydroxylation is 2. The fourth-order valence-corrected chi connectivity index (χ4v) is 3.81. The molecule has 168 valence electrons. The van der Waals surface area contributed by atoms with Crippen molar-refractivity contribution in [3.8, 4) is 28.7 Å². The molecule has 0 radical (unpaired) electrons. The number of hydrogen-bond acceptors (Lipinski definition) is 5. The maximum absolute atomic E-state index is 10.3. The molecule has 4 aromatic carbocycles. The molecule has 5 heteroatoms. The van der Waals surface area contributed by atoms with E-state index in [-0.39, 0.29) is 17.2 Å². The Labute approximate surface area is 193 Å². The molecule has 0 aliphatic rings. The molecular formula is C28H27NO4. The lowest BCUT2D eigenvalue weighted by Crippen LogP contribution is -2.13. The summed E-state index contributed by atoms with van der Waals surface area (Å²) in [6.45, 7) is 7.69. The Morgan fingerprint density at radius 3 is 1.76 bits per heavy atom. The van der Waals surface area contributed by atoms with Gasteiger partial charge in [-0.3, -0.25) is 0 Å². The van der Waals surface area contributed by atoms with Crippen LogP contribution in [0.15, 0.2) is 72.8 Å². The number of aromatic hydroxyl groups is 3. The number of rotatable bonds is 5. The standard InChI is InChI=1S/C28H27NO4/c1-17-9-11-21(30)15-24(17)29(25-16-22(31)12-10-18(25)2)23-7-5-6-8-28(23)33-27-14-13-26(32)19(3)20(27)4/h5-16,30-32H,1-4H3. The summed E-state index contributed by atoms with van der Waals surface area (Å²) in [5.41, 5.74) is 5.76. The normalized spacial score (nSPS) is 10.8. The van der Waals surface area contributed by atoms with E-state index in [9.17, 15) is 15.3 Å². The minimum atomic E-state index is 0.141. The van der Waals surface area contributed by atoms with Gasteiger partial charge in [-0.25, -0.2) is 0 Å². The van der Waals surface area contributed by atoms with Gasteiger partial charge < -0.3 is 25.0 Å². The summed E-state index contributed by atoms with van der Waals surface area (Å²) in [6, 6.07) is 21.4. The summed E-state index contributed by atoms with van der Waals surface area (Å²) in [5.74, 6) is 1.73. The van der Waals surface area contributed by atoms with Gasteiger partial charge in [-0.1, -0.05) is 24.3 Å². The molecule has 0 aliphatic heterocycles. The van der Waals surface area contributed by atoms with Crippen LogP contribution in [0.1, 0.15) is 22.3 Å². The average Bonchev–Trinajstić information content (AvgIpc) is 2.80. The molecule has 0 spiro atoms. The van der Waals surface area contributed by atoms with Crippen LogP contribution in [-0.4, -0.2) is 15.3 Å². The molecule has 0 saturated heterocycles. The summed E-state index contributed by atoms with van der Waals surface area (Å²) in [5, 5.41) is 30.6. The van der Waals surface area contributed by atoms with Crippen molar-refractivity contribution in [1.29, 1.82) is 0 Å². The zero-order valence-electron chi connectivity index (χ0n) is 19.1. The number of para-hydroxylation sites is 2. The fourth-order valence-electron chi connectivity index (χ4n) is 3.81. The Morgan fingerprint density at radius 2 is 1.15 bits per heavy atom. The molecule has 0 saturated carbocycles. The number of phenolic OH excluding ortho intramolecular Hbond substituents is 3. The van der Waals surface area contributed by atoms with Crippen LogP contribution in [0.3, 0.4) is 0 Å². The van der Waals surface area contributed by atoms with Crippen LogP contribution in [0.25, 0.3) is 0 Å². The summed E-state index contributed by atoms with van der Waals surface area (Å²) in [6.07, 6.45) is 0. The van der Waals surface area contributed by atoms with Crippen molar-refractivity contribution in [1.82, 2.24) is 0 Å². The quantitative estimate of drug-likeness (QED) is 0.303. The minimum absolute atomic E-state index is 0.141. The van der Waals surface area contributed by atoms with E-state index in [4.69, 9.17) is 4.74 Å². The third kappa shape index (κ3) is 4.30. The molecule has 33 heavy (non-hydrogen) atoms. The minimum Gasteiger partial charge on any atom is -0.508 e. The van der Waals surface area contributed by atoms with Crippen molar-refractivity contribution in [2.24, 2.45) is 0 Å². The van der Waals surface area contributed by atoms with Gasteiger partial charge in [-0.05, 0) is 86.3 Å². The fraction of sp³-hybridized carbons (Fsp3) is 0.143. The lowest BCUT2D eigenvalue weighted by atomic mass is 10.1. The van der Waals surface area contributed by atoms with Crippen LogP contribution in [0, 0.1) is 27.7 Å². The Balaban J connectivity index is 1.93. The molecule has 0 unspecified atom stereocenters. The van der Waals surface area contributed by atoms with Gasteiger partial charge in [0.25, 0.3) is 0 Å². The molecule has 4 rings (SSSR count). The smallest absolute Gasteiger partial charge is 0.151 e. The van der Waals surface area contributed by atoms with Gasteiger partial charge in [0.2, 0.25) is 0 Å². The highest BCUT2D eigenvalue weighted by molar-refractivity contribution is 5.84. The van der Waals surface area contributed by atoms with E-state index < -0.39 is 0 Å². The number of nitrogens with zero attached hydrogens (tertiary/aromatic N) is 1. The van der Waals surface area contributed by atoms with Gasteiger partial charge >= 0.3 is 0 Å². The van der Waals surface area contributed by atoms with Crippen LogP contribution in [0.5, 0.6) is 28.7 Å². The molecule has 0 atom stereocenters. The lowest BCUT2D eigenvalue weighted by Gasteiger charge is -2.30. The second-order valence-electron chi connectivity index (χ2n) is 8.18. The van der Waals surface area contributed by atoms with Gasteiger partial charge in [0.15, 0.2) is 5.75 Å². The summed E-state index contributed by atoms with van der Waals surface area (Å²) in [7, 11) is 0. The first-order valence-electron chi connectivity index (χ1n) is 10.7. The first-order chi connectivity index (χ1) is 15.8. The lowest BCUT2D eigenvalue weighted by molar-refractivity contribution is 0.458. The second kappa shape index (κ2) is 8.79. The third-order valence-corrected chi connectivity index (χ3v) is 5.90. The number of benzene rings is 4. The van der Waals surface area contributed by atoms with Crippen LogP contribution >= 0.6 is 0 Å². The summed E-state index contributed by atoms with van der Waals surface area (Å²) >= 11 is 0. The van der Waals surface area contributed by atoms with Crippen molar-refractivity contribution in [3.05, 3.63) is 95.1 Å². The predicted octanol–water partition coefficient (Wildman–Crippen LogP) is 7.30. The van der Waals surface area contributed by atoms with E-state index >= 15 is 0 Å². The number of anilines is 3. The highest BCUT2D eigenvalue weighted by Crippen LogP contribution is 2.46. The van der Waals surface area contributed by atoms with Crippen molar-refractivity contribution in [2.45, 2.75) is 27.7 Å². The van der Waals surface area contributed by atoms with E-state index in [0.29, 0.717) is 11.5 Å². The van der Waals surface area contributed by atoms with E-state index in [1.165, 1.54) is 0 Å². The van der Waals surface area contributed by atoms with Crippen LogP contribution in [-0.2, 0) is 0 Å². The Kier molecular flexibility index (Phi) is 5.88. The van der Waals surface area contributed by atoms with Gasteiger partial charge in [0.1, 0.15) is 23.0 Å².